The zero-order valence-electron chi connectivity index (χ0n) is 14.9. The van der Waals surface area contributed by atoms with E-state index >= 15 is 0 Å². The second-order valence-corrected chi connectivity index (χ2v) is 7.49. The Morgan fingerprint density at radius 1 is 1.18 bits per heavy atom. The van der Waals surface area contributed by atoms with Gasteiger partial charge in [-0.15, -0.1) is 11.3 Å². The topological polar surface area (TPSA) is 75.6 Å². The van der Waals surface area contributed by atoms with Crippen molar-refractivity contribution in [1.29, 1.82) is 0 Å². The van der Waals surface area contributed by atoms with Crippen LogP contribution in [0.1, 0.15) is 32.5 Å². The van der Waals surface area contributed by atoms with E-state index < -0.39 is 11.8 Å². The number of methoxy groups -OCH3 is 1. The third-order valence-corrected chi connectivity index (χ3v) is 6.04. The van der Waals surface area contributed by atoms with Crippen molar-refractivity contribution in [2.24, 2.45) is 0 Å². The van der Waals surface area contributed by atoms with E-state index in [0.29, 0.717) is 22.6 Å². The molecule has 142 valence electrons. The minimum Gasteiger partial charge on any atom is -0.497 e. The lowest BCUT2D eigenvalue weighted by atomic mass is 9.88. The first-order chi connectivity index (χ1) is 13.5. The van der Waals surface area contributed by atoms with Crippen molar-refractivity contribution in [3.05, 3.63) is 69.7 Å². The number of aromatic carboxylic acids is 1. The highest BCUT2D eigenvalue weighted by atomic mass is 32.1. The molecule has 1 amide bonds. The lowest BCUT2D eigenvalue weighted by Gasteiger charge is -2.24. The number of fused-ring (bicyclic) bond motifs is 1. The first kappa shape index (κ1) is 18.2. The van der Waals surface area contributed by atoms with E-state index in [0.717, 1.165) is 21.8 Å². The molecule has 7 heteroatoms. The minimum atomic E-state index is -1.08. The number of amides is 1. The van der Waals surface area contributed by atoms with Crippen molar-refractivity contribution in [1.82, 2.24) is 0 Å². The van der Waals surface area contributed by atoms with E-state index in [2.05, 4.69) is 5.32 Å². The molecule has 1 aliphatic heterocycles. The summed E-state index contributed by atoms with van der Waals surface area (Å²) < 4.78 is 18.5. The largest absolute Gasteiger partial charge is 0.497 e. The molecule has 0 fully saturated rings. The number of nitrogens with one attached hydrogen (secondary N) is 1. The summed E-state index contributed by atoms with van der Waals surface area (Å²) >= 11 is 1.14. The van der Waals surface area contributed by atoms with Crippen LogP contribution < -0.4 is 10.1 Å². The van der Waals surface area contributed by atoms with Gasteiger partial charge < -0.3 is 15.2 Å². The molecule has 5 nitrogen and oxygen atoms in total. The number of carboxylic acid groups (broad SMARTS) is 1. The quantitative estimate of drug-likeness (QED) is 0.667. The Kier molecular flexibility index (Phi) is 4.60. The molecule has 3 aromatic rings. The number of carbonyl (C=O) groups excluding carboxylic acids is 1. The lowest BCUT2D eigenvalue weighted by Crippen LogP contribution is -2.22. The molecule has 0 aliphatic carbocycles. The van der Waals surface area contributed by atoms with Crippen LogP contribution in [0.5, 0.6) is 5.75 Å². The normalized spacial score (nSPS) is 15.6. The summed E-state index contributed by atoms with van der Waals surface area (Å²) in [6, 6.07) is 13.0. The van der Waals surface area contributed by atoms with E-state index in [1.54, 1.807) is 7.11 Å². The summed E-state index contributed by atoms with van der Waals surface area (Å²) in [7, 11) is 1.58. The Morgan fingerprint density at radius 2 is 1.86 bits per heavy atom. The average Bonchev–Trinajstić information content (AvgIpc) is 3.07. The summed E-state index contributed by atoms with van der Waals surface area (Å²) in [5.41, 5.74) is 2.36. The van der Waals surface area contributed by atoms with Crippen LogP contribution in [0.4, 0.5) is 10.1 Å². The summed E-state index contributed by atoms with van der Waals surface area (Å²) in [5.74, 6) is -1.24. The van der Waals surface area contributed by atoms with Crippen molar-refractivity contribution >= 4 is 28.9 Å². The molecule has 28 heavy (non-hydrogen) atoms. The molecule has 0 saturated heterocycles. The Labute approximate surface area is 164 Å². The molecule has 2 heterocycles. The van der Waals surface area contributed by atoms with Crippen LogP contribution in [0, 0.1) is 5.82 Å². The molecule has 4 rings (SSSR count). The third kappa shape index (κ3) is 3.14. The Hall–Kier alpha value is -3.19. The maximum atomic E-state index is 13.3. The van der Waals surface area contributed by atoms with E-state index in [-0.39, 0.29) is 23.1 Å². The van der Waals surface area contributed by atoms with Crippen molar-refractivity contribution in [2.75, 3.05) is 12.4 Å². The number of carboxylic acids is 1. The number of thiophene rings is 1. The van der Waals surface area contributed by atoms with Crippen LogP contribution in [-0.2, 0) is 4.79 Å². The highest BCUT2D eigenvalue weighted by Crippen LogP contribution is 2.49. The molecular formula is C21H16FNO4S. The predicted molar refractivity (Wildman–Crippen MR) is 105 cm³/mol. The molecule has 1 aliphatic rings. The molecule has 2 aromatic carbocycles. The van der Waals surface area contributed by atoms with E-state index in [9.17, 15) is 19.1 Å². The van der Waals surface area contributed by atoms with Gasteiger partial charge in [0.15, 0.2) is 0 Å². The predicted octanol–water partition coefficient (Wildman–Crippen LogP) is 4.74. The Morgan fingerprint density at radius 3 is 2.46 bits per heavy atom. The summed E-state index contributed by atoms with van der Waals surface area (Å²) in [6.07, 6.45) is 0.224. The number of halogens is 1. The highest BCUT2D eigenvalue weighted by molar-refractivity contribution is 7.15. The van der Waals surface area contributed by atoms with Crippen LogP contribution in [0.2, 0.25) is 0 Å². The Bertz CT molecular complexity index is 1060. The fourth-order valence-electron chi connectivity index (χ4n) is 3.43. The number of hydrogen-bond acceptors (Lipinski definition) is 4. The molecule has 0 radical (unpaired) electrons. The Balaban J connectivity index is 1.89. The van der Waals surface area contributed by atoms with Gasteiger partial charge in [0.1, 0.15) is 16.4 Å². The highest BCUT2D eigenvalue weighted by Gasteiger charge is 2.34. The fourth-order valence-corrected chi connectivity index (χ4v) is 4.68. The zero-order chi connectivity index (χ0) is 19.8. The number of ether oxygens (including phenoxy) is 1. The van der Waals surface area contributed by atoms with E-state index in [1.165, 1.54) is 24.3 Å². The van der Waals surface area contributed by atoms with Crippen molar-refractivity contribution in [2.45, 2.75) is 12.3 Å². The summed E-state index contributed by atoms with van der Waals surface area (Å²) in [4.78, 5) is 25.2. The van der Waals surface area contributed by atoms with Gasteiger partial charge in [0, 0.05) is 22.8 Å². The van der Waals surface area contributed by atoms with Gasteiger partial charge >= 0.3 is 5.97 Å². The average molecular weight is 397 g/mol. The number of hydrogen-bond donors (Lipinski definition) is 2. The van der Waals surface area contributed by atoms with Gasteiger partial charge in [0.2, 0.25) is 5.91 Å². The van der Waals surface area contributed by atoms with Crippen molar-refractivity contribution in [3.8, 4) is 16.9 Å². The molecule has 1 aromatic heterocycles. The maximum Gasteiger partial charge on any atom is 0.346 e. The van der Waals surface area contributed by atoms with Crippen molar-refractivity contribution in [3.63, 3.8) is 0 Å². The summed E-state index contributed by atoms with van der Waals surface area (Å²) in [5, 5.41) is 12.6. The third-order valence-electron chi connectivity index (χ3n) is 4.75. The zero-order valence-corrected chi connectivity index (χ0v) is 15.7. The standard InChI is InChI=1S/C21H16FNO4S/c1-27-14-8-4-11(5-9-14)15-10-16(24)23-18-17(12-2-6-13(22)7-3-12)20(21(25)26)28-19(15)18/h2-9,15H,10H2,1H3,(H,23,24)(H,25,26). The molecular weight excluding hydrogens is 381 g/mol. The van der Waals surface area contributed by atoms with Crippen molar-refractivity contribution < 1.29 is 23.8 Å². The molecule has 0 bridgehead atoms. The molecule has 2 N–H and O–H groups in total. The van der Waals surface area contributed by atoms with Gasteiger partial charge in [0.05, 0.1) is 12.8 Å². The van der Waals surface area contributed by atoms with Crippen LogP contribution in [0.25, 0.3) is 11.1 Å². The SMILES string of the molecule is COc1ccc(C2CC(=O)Nc3c2sc(C(=O)O)c3-c2ccc(F)cc2)cc1. The number of benzene rings is 2. The number of rotatable bonds is 4. The van der Waals surface area contributed by atoms with Crippen LogP contribution in [-0.4, -0.2) is 24.1 Å². The smallest absolute Gasteiger partial charge is 0.346 e. The first-order valence-electron chi connectivity index (χ1n) is 8.57. The first-order valence-corrected chi connectivity index (χ1v) is 9.39. The van der Waals surface area contributed by atoms with Gasteiger partial charge in [-0.05, 0) is 35.4 Å². The summed E-state index contributed by atoms with van der Waals surface area (Å²) in [6.45, 7) is 0. The monoisotopic (exact) mass is 397 g/mol. The van der Waals surface area contributed by atoms with Gasteiger partial charge in [-0.3, -0.25) is 4.79 Å². The van der Waals surface area contributed by atoms with Gasteiger partial charge in [-0.1, -0.05) is 24.3 Å². The van der Waals surface area contributed by atoms with Crippen LogP contribution in [0.3, 0.4) is 0 Å². The van der Waals surface area contributed by atoms with Gasteiger partial charge in [-0.2, -0.15) is 0 Å². The number of anilines is 1. The maximum absolute atomic E-state index is 13.3. The van der Waals surface area contributed by atoms with E-state index in [4.69, 9.17) is 4.74 Å². The molecule has 1 unspecified atom stereocenters. The second kappa shape index (κ2) is 7.09. The van der Waals surface area contributed by atoms with Gasteiger partial charge in [-0.25, -0.2) is 9.18 Å². The van der Waals surface area contributed by atoms with Crippen LogP contribution >= 0.6 is 11.3 Å². The lowest BCUT2D eigenvalue weighted by molar-refractivity contribution is -0.116. The van der Waals surface area contributed by atoms with Gasteiger partial charge in [0.25, 0.3) is 0 Å². The molecule has 0 saturated carbocycles. The second-order valence-electron chi connectivity index (χ2n) is 6.44. The fraction of sp³-hybridized carbons (Fsp3) is 0.143. The number of carbonyl (C=O) groups is 2. The minimum absolute atomic E-state index is 0.123. The molecule has 1 atom stereocenters. The molecule has 0 spiro atoms. The van der Waals surface area contributed by atoms with Crippen LogP contribution in [0.15, 0.2) is 48.5 Å². The van der Waals surface area contributed by atoms with E-state index in [1.807, 2.05) is 24.3 Å².